The molecule has 3 heterocycles. The Morgan fingerprint density at radius 1 is 1.13 bits per heavy atom. The van der Waals surface area contributed by atoms with Gasteiger partial charge in [0.05, 0.1) is 17.4 Å². The maximum atomic E-state index is 13.0. The fourth-order valence-corrected chi connectivity index (χ4v) is 6.69. The predicted octanol–water partition coefficient (Wildman–Crippen LogP) is 5.17. The highest BCUT2D eigenvalue weighted by molar-refractivity contribution is 7.21. The van der Waals surface area contributed by atoms with Crippen molar-refractivity contribution in [2.45, 2.75) is 57.5 Å². The molecule has 5 rings (SSSR count). The first-order chi connectivity index (χ1) is 21.9. The van der Waals surface area contributed by atoms with E-state index in [2.05, 4.69) is 28.5 Å². The van der Waals surface area contributed by atoms with Gasteiger partial charge in [0.1, 0.15) is 15.5 Å². The number of amides is 2. The van der Waals surface area contributed by atoms with Crippen molar-refractivity contribution in [3.63, 3.8) is 0 Å². The highest BCUT2D eigenvalue weighted by Crippen LogP contribution is 2.37. The Hall–Kier alpha value is -4.20. The number of hydrogen-bond acceptors (Lipinski definition) is 8. The number of aliphatic hydroxyl groups is 1. The van der Waals surface area contributed by atoms with E-state index in [0.29, 0.717) is 33.8 Å². The number of aryl methyl sites for hydroxylation is 1. The van der Waals surface area contributed by atoms with Gasteiger partial charge in [-0.05, 0) is 66.3 Å². The number of nitrogen functional groups attached to an aromatic ring is 1. The third-order valence-electron chi connectivity index (χ3n) is 8.19. The molecule has 13 heteroatoms. The first-order valence-electron chi connectivity index (χ1n) is 15.2. The van der Waals surface area contributed by atoms with Crippen LogP contribution in [-0.2, 0) is 19.1 Å². The SMILES string of the molecule is CCCc1cc(N2CCC(NCC(O)c3ccc(C(=O)NCc4cccc(C(F)(F)F)c4)cc3)CC2)nc2sc(C(N)=O)c(N)c12. The van der Waals surface area contributed by atoms with E-state index in [0.717, 1.165) is 72.5 Å². The number of hydrogen-bond donors (Lipinski definition) is 5. The zero-order chi connectivity index (χ0) is 33.0. The molecule has 46 heavy (non-hydrogen) atoms. The number of primary amides is 1. The largest absolute Gasteiger partial charge is 0.416 e. The molecule has 9 nitrogen and oxygen atoms in total. The number of alkyl halides is 3. The monoisotopic (exact) mass is 654 g/mol. The molecule has 2 amide bonds. The minimum Gasteiger partial charge on any atom is -0.397 e. The second-order valence-corrected chi connectivity index (χ2v) is 12.5. The second-order valence-electron chi connectivity index (χ2n) is 11.5. The molecule has 1 atom stereocenters. The molecule has 0 spiro atoms. The van der Waals surface area contributed by atoms with Crippen LogP contribution in [0.4, 0.5) is 24.7 Å². The van der Waals surface area contributed by atoms with Crippen LogP contribution in [0.25, 0.3) is 10.2 Å². The summed E-state index contributed by atoms with van der Waals surface area (Å²) in [6, 6.07) is 13.6. The standard InChI is InChI=1S/C33H37F3N6O3S/c1-2-4-22-16-26(41-32-27(22)28(37)29(46-32)30(38)44)42-13-11-24(12-14-42)39-18-25(43)20-7-9-21(10-8-20)31(45)40-17-19-5-3-6-23(15-19)33(34,35)36/h3,5-10,15-16,24-25,39,43H,2,4,11-14,17-18,37H2,1H3,(H2,38,44)(H,40,45). The molecular formula is C33H37F3N6O3S. The smallest absolute Gasteiger partial charge is 0.397 e. The molecule has 4 aromatic rings. The van der Waals surface area contributed by atoms with Crippen molar-refractivity contribution in [3.05, 3.63) is 87.3 Å². The first kappa shape index (κ1) is 33.2. The Labute approximate surface area is 268 Å². The van der Waals surface area contributed by atoms with E-state index in [-0.39, 0.29) is 12.6 Å². The molecule has 0 bridgehead atoms. The van der Waals surface area contributed by atoms with E-state index in [1.54, 1.807) is 24.3 Å². The third kappa shape index (κ3) is 7.60. The van der Waals surface area contributed by atoms with Crippen LogP contribution in [0.5, 0.6) is 0 Å². The molecule has 0 aliphatic carbocycles. The highest BCUT2D eigenvalue weighted by Gasteiger charge is 2.30. The van der Waals surface area contributed by atoms with Gasteiger partial charge in [0.25, 0.3) is 11.8 Å². The van der Waals surface area contributed by atoms with Crippen molar-refractivity contribution >= 4 is 44.9 Å². The van der Waals surface area contributed by atoms with Gasteiger partial charge in [-0.15, -0.1) is 11.3 Å². The van der Waals surface area contributed by atoms with Gasteiger partial charge in [-0.1, -0.05) is 37.6 Å². The number of thiophene rings is 1. The lowest BCUT2D eigenvalue weighted by atomic mass is 10.0. The van der Waals surface area contributed by atoms with E-state index in [1.807, 2.05) is 0 Å². The molecule has 244 valence electrons. The number of nitrogens with one attached hydrogen (secondary N) is 2. The number of piperidine rings is 1. The van der Waals surface area contributed by atoms with Gasteiger partial charge in [-0.3, -0.25) is 9.59 Å². The van der Waals surface area contributed by atoms with Crippen LogP contribution in [0.1, 0.15) is 74.6 Å². The molecular weight excluding hydrogens is 617 g/mol. The number of nitrogens with two attached hydrogens (primary N) is 2. The summed E-state index contributed by atoms with van der Waals surface area (Å²) >= 11 is 1.23. The van der Waals surface area contributed by atoms with Gasteiger partial charge in [0.15, 0.2) is 0 Å². The summed E-state index contributed by atoms with van der Waals surface area (Å²) in [6.07, 6.45) is -1.81. The lowest BCUT2D eigenvalue weighted by Crippen LogP contribution is -2.44. The van der Waals surface area contributed by atoms with Gasteiger partial charge in [0, 0.05) is 43.2 Å². The Balaban J connectivity index is 1.12. The normalized spacial score (nSPS) is 14.8. The Bertz CT molecular complexity index is 1700. The third-order valence-corrected chi connectivity index (χ3v) is 9.31. The topological polar surface area (TPSA) is 147 Å². The highest BCUT2D eigenvalue weighted by atomic mass is 32.1. The zero-order valence-electron chi connectivity index (χ0n) is 25.4. The maximum Gasteiger partial charge on any atom is 0.416 e. The average Bonchev–Trinajstić information content (AvgIpc) is 3.39. The van der Waals surface area contributed by atoms with Crippen molar-refractivity contribution in [1.29, 1.82) is 0 Å². The van der Waals surface area contributed by atoms with Gasteiger partial charge in [0.2, 0.25) is 0 Å². The average molecular weight is 655 g/mol. The number of fused-ring (bicyclic) bond motifs is 1. The molecule has 1 aliphatic rings. The van der Waals surface area contributed by atoms with Crippen LogP contribution in [0.15, 0.2) is 54.6 Å². The van der Waals surface area contributed by atoms with Crippen LogP contribution in [0.2, 0.25) is 0 Å². The number of benzene rings is 2. The summed E-state index contributed by atoms with van der Waals surface area (Å²) in [5, 5.41) is 17.7. The molecule has 2 aromatic carbocycles. The Morgan fingerprint density at radius 2 is 1.85 bits per heavy atom. The molecule has 7 N–H and O–H groups in total. The molecule has 1 aliphatic heterocycles. The molecule has 2 aromatic heterocycles. The summed E-state index contributed by atoms with van der Waals surface area (Å²) < 4.78 is 38.9. The van der Waals surface area contributed by atoms with E-state index in [4.69, 9.17) is 16.5 Å². The fraction of sp³-hybridized carbons (Fsp3) is 0.364. The van der Waals surface area contributed by atoms with Crippen LogP contribution in [0, 0.1) is 0 Å². The Kier molecular flexibility index (Phi) is 10.1. The number of aromatic nitrogens is 1. The quantitative estimate of drug-likeness (QED) is 0.150. The van der Waals surface area contributed by atoms with Gasteiger partial charge >= 0.3 is 6.18 Å². The fourth-order valence-electron chi connectivity index (χ4n) is 5.70. The molecule has 1 unspecified atom stereocenters. The number of aliphatic hydroxyl groups excluding tert-OH is 1. The zero-order valence-corrected chi connectivity index (χ0v) is 26.2. The molecule has 1 saturated heterocycles. The second kappa shape index (κ2) is 14.1. The summed E-state index contributed by atoms with van der Waals surface area (Å²) in [7, 11) is 0. The summed E-state index contributed by atoms with van der Waals surface area (Å²) in [6.45, 7) is 3.92. The van der Waals surface area contributed by atoms with E-state index in [9.17, 15) is 27.9 Å². The van der Waals surface area contributed by atoms with Crippen molar-refractivity contribution < 1.29 is 27.9 Å². The number of anilines is 2. The minimum atomic E-state index is -4.45. The first-order valence-corrected chi connectivity index (χ1v) is 16.0. The maximum absolute atomic E-state index is 13.0. The molecule has 0 saturated carbocycles. The van der Waals surface area contributed by atoms with Gasteiger partial charge < -0.3 is 32.1 Å². The minimum absolute atomic E-state index is 0.0423. The number of nitrogens with zero attached hydrogens (tertiary/aromatic N) is 2. The van der Waals surface area contributed by atoms with Crippen LogP contribution in [0.3, 0.4) is 0 Å². The number of carbonyl (C=O) groups is 2. The van der Waals surface area contributed by atoms with E-state index >= 15 is 0 Å². The summed E-state index contributed by atoms with van der Waals surface area (Å²) in [5.74, 6) is -0.118. The van der Waals surface area contributed by atoms with Crippen LogP contribution >= 0.6 is 11.3 Å². The van der Waals surface area contributed by atoms with Crippen molar-refractivity contribution in [1.82, 2.24) is 15.6 Å². The summed E-state index contributed by atoms with van der Waals surface area (Å²) in [4.78, 5) is 32.5. The number of rotatable bonds is 11. The van der Waals surface area contributed by atoms with Crippen molar-refractivity contribution in [2.75, 3.05) is 30.3 Å². The number of carbonyl (C=O) groups excluding carboxylic acids is 2. The molecule has 0 radical (unpaired) electrons. The van der Waals surface area contributed by atoms with Crippen molar-refractivity contribution in [2.24, 2.45) is 5.73 Å². The van der Waals surface area contributed by atoms with Crippen LogP contribution in [-0.4, -0.2) is 47.6 Å². The van der Waals surface area contributed by atoms with E-state index in [1.165, 1.54) is 23.5 Å². The number of pyridine rings is 1. The number of halogens is 3. The van der Waals surface area contributed by atoms with Crippen LogP contribution < -0.4 is 27.0 Å². The predicted molar refractivity (Wildman–Crippen MR) is 174 cm³/mol. The summed E-state index contributed by atoms with van der Waals surface area (Å²) in [5.41, 5.74) is 13.8. The van der Waals surface area contributed by atoms with Gasteiger partial charge in [-0.25, -0.2) is 4.98 Å². The Morgan fingerprint density at radius 3 is 2.50 bits per heavy atom. The van der Waals surface area contributed by atoms with Crippen molar-refractivity contribution in [3.8, 4) is 0 Å². The molecule has 1 fully saturated rings. The lowest BCUT2D eigenvalue weighted by Gasteiger charge is -2.34. The van der Waals surface area contributed by atoms with Gasteiger partial charge in [-0.2, -0.15) is 13.2 Å². The lowest BCUT2D eigenvalue weighted by molar-refractivity contribution is -0.137. The van der Waals surface area contributed by atoms with E-state index < -0.39 is 29.7 Å².